The fraction of sp³-hybridized carbons (Fsp3) is 0.200. The molecule has 8 nitrogen and oxygen atoms in total. The van der Waals surface area contributed by atoms with Gasteiger partial charge >= 0.3 is 0 Å². The summed E-state index contributed by atoms with van der Waals surface area (Å²) in [4.78, 5) is 4.35. The number of benzene rings is 3. The number of primary sulfonamides is 1. The van der Waals surface area contributed by atoms with Crippen LogP contribution in [-0.2, 0) is 27.7 Å². The molecule has 4 rings (SSSR count). The summed E-state index contributed by atoms with van der Waals surface area (Å²) >= 11 is 0. The fourth-order valence-corrected chi connectivity index (χ4v) is 4.25. The van der Waals surface area contributed by atoms with Crippen molar-refractivity contribution in [2.24, 2.45) is 5.14 Å². The number of halogens is 1. The highest BCUT2D eigenvalue weighted by atomic mass is 32.2. The summed E-state index contributed by atoms with van der Waals surface area (Å²) in [7, 11) is -2.40. The van der Waals surface area contributed by atoms with Crippen LogP contribution >= 0.6 is 0 Å². The van der Waals surface area contributed by atoms with E-state index in [-0.39, 0.29) is 16.6 Å². The fourth-order valence-electron chi connectivity index (χ4n) is 3.73. The van der Waals surface area contributed by atoms with Crippen LogP contribution in [0.4, 0.5) is 4.39 Å². The second kappa shape index (κ2) is 10.9. The monoisotopic (exact) mass is 495 g/mol. The van der Waals surface area contributed by atoms with Crippen LogP contribution in [0.3, 0.4) is 0 Å². The van der Waals surface area contributed by atoms with E-state index in [4.69, 9.17) is 9.88 Å². The van der Waals surface area contributed by atoms with E-state index in [9.17, 15) is 12.8 Å². The molecule has 3 aromatic carbocycles. The van der Waals surface area contributed by atoms with E-state index in [0.717, 1.165) is 17.2 Å². The van der Waals surface area contributed by atoms with Crippen LogP contribution in [-0.4, -0.2) is 36.9 Å². The third-order valence-electron chi connectivity index (χ3n) is 5.44. The Morgan fingerprint density at radius 1 is 1.06 bits per heavy atom. The average Bonchev–Trinajstić information content (AvgIpc) is 3.24. The average molecular weight is 496 g/mol. The molecule has 1 heterocycles. The normalized spacial score (nSPS) is 12.5. The van der Waals surface area contributed by atoms with Gasteiger partial charge in [-0.25, -0.2) is 27.6 Å². The topological polar surface area (TPSA) is 112 Å². The largest absolute Gasteiger partial charge is 0.383 e. The van der Waals surface area contributed by atoms with Crippen LogP contribution < -0.4 is 10.5 Å². The van der Waals surface area contributed by atoms with E-state index in [1.54, 1.807) is 7.11 Å². The second-order valence-electron chi connectivity index (χ2n) is 7.98. The van der Waals surface area contributed by atoms with Gasteiger partial charge in [-0.15, -0.1) is 5.10 Å². The Hall–Kier alpha value is -3.44. The standard InChI is InChI=1S/C25H26FN5O3S/c1-34-17-22(19-10-6-3-7-11-19)28-16-24-29-25(14-18-8-4-2-5-9-18)31(30-24)23-13-12-20(15-21(23)26)35(27,32)33/h2-13,15,22,28H,14,16-17H2,1H3,(H2,27,32,33)/t22-/m1/s1. The maximum atomic E-state index is 15.0. The van der Waals surface area contributed by atoms with Gasteiger partial charge in [-0.1, -0.05) is 60.7 Å². The molecule has 0 unspecified atom stereocenters. The zero-order valence-corrected chi connectivity index (χ0v) is 20.0. The molecule has 4 aromatic rings. The van der Waals surface area contributed by atoms with E-state index < -0.39 is 15.8 Å². The number of ether oxygens (including phenoxy) is 1. The zero-order valence-electron chi connectivity index (χ0n) is 19.1. The van der Waals surface area contributed by atoms with Gasteiger partial charge in [0.2, 0.25) is 10.0 Å². The van der Waals surface area contributed by atoms with E-state index >= 15 is 0 Å². The Balaban J connectivity index is 1.66. The molecule has 0 bridgehead atoms. The van der Waals surface area contributed by atoms with Crippen LogP contribution in [0.5, 0.6) is 0 Å². The van der Waals surface area contributed by atoms with Crippen molar-refractivity contribution in [1.82, 2.24) is 20.1 Å². The molecule has 10 heteroatoms. The number of aromatic nitrogens is 3. The summed E-state index contributed by atoms with van der Waals surface area (Å²) < 4.78 is 45.0. The molecule has 0 fully saturated rings. The molecule has 0 aliphatic heterocycles. The number of rotatable bonds is 10. The molecule has 0 amide bonds. The van der Waals surface area contributed by atoms with Gasteiger partial charge in [0.25, 0.3) is 0 Å². The first-order valence-electron chi connectivity index (χ1n) is 10.9. The molecule has 182 valence electrons. The van der Waals surface area contributed by atoms with Gasteiger partial charge in [-0.2, -0.15) is 0 Å². The molecule has 0 radical (unpaired) electrons. The molecule has 0 spiro atoms. The first-order chi connectivity index (χ1) is 16.8. The number of hydrogen-bond acceptors (Lipinski definition) is 6. The summed E-state index contributed by atoms with van der Waals surface area (Å²) in [6.45, 7) is 0.764. The van der Waals surface area contributed by atoms with Crippen LogP contribution in [0.15, 0.2) is 83.8 Å². The first kappa shape index (κ1) is 24.7. The second-order valence-corrected chi connectivity index (χ2v) is 9.54. The van der Waals surface area contributed by atoms with Crippen molar-refractivity contribution in [3.05, 3.63) is 107 Å². The smallest absolute Gasteiger partial charge is 0.238 e. The third-order valence-corrected chi connectivity index (χ3v) is 6.35. The third kappa shape index (κ3) is 6.17. The maximum Gasteiger partial charge on any atom is 0.238 e. The highest BCUT2D eigenvalue weighted by Gasteiger charge is 2.19. The minimum absolute atomic E-state index is 0.0820. The molecule has 0 aliphatic carbocycles. The Morgan fingerprint density at radius 2 is 1.74 bits per heavy atom. The number of hydrogen-bond donors (Lipinski definition) is 2. The lowest BCUT2D eigenvalue weighted by atomic mass is 10.1. The van der Waals surface area contributed by atoms with Crippen molar-refractivity contribution in [2.45, 2.75) is 23.9 Å². The van der Waals surface area contributed by atoms with Crippen molar-refractivity contribution >= 4 is 10.0 Å². The Kier molecular flexibility index (Phi) is 7.67. The van der Waals surface area contributed by atoms with Crippen LogP contribution in [0, 0.1) is 5.82 Å². The lowest BCUT2D eigenvalue weighted by Crippen LogP contribution is -2.25. The zero-order chi connectivity index (χ0) is 24.8. The summed E-state index contributed by atoms with van der Waals surface area (Å²) in [5, 5.41) is 13.1. The van der Waals surface area contributed by atoms with Crippen molar-refractivity contribution in [3.8, 4) is 5.69 Å². The predicted molar refractivity (Wildman–Crippen MR) is 130 cm³/mol. The van der Waals surface area contributed by atoms with Crippen LogP contribution in [0.1, 0.15) is 28.8 Å². The summed E-state index contributed by atoms with van der Waals surface area (Å²) in [6, 6.07) is 22.9. The molecule has 0 aliphatic rings. The maximum absolute atomic E-state index is 15.0. The minimum atomic E-state index is -4.03. The van der Waals surface area contributed by atoms with Gasteiger partial charge in [0.05, 0.1) is 24.1 Å². The molecule has 35 heavy (non-hydrogen) atoms. The van der Waals surface area contributed by atoms with Gasteiger partial charge in [-0.05, 0) is 29.3 Å². The van der Waals surface area contributed by atoms with Crippen molar-refractivity contribution in [1.29, 1.82) is 0 Å². The Labute approximate surface area is 203 Å². The van der Waals surface area contributed by atoms with E-state index in [2.05, 4.69) is 15.4 Å². The van der Waals surface area contributed by atoms with Crippen LogP contribution in [0.2, 0.25) is 0 Å². The Morgan fingerprint density at radius 3 is 2.37 bits per heavy atom. The number of nitrogens with two attached hydrogens (primary N) is 1. The van der Waals surface area contributed by atoms with Crippen molar-refractivity contribution in [3.63, 3.8) is 0 Å². The molecule has 3 N–H and O–H groups in total. The van der Waals surface area contributed by atoms with E-state index in [1.165, 1.54) is 16.8 Å². The number of sulfonamides is 1. The first-order valence-corrected chi connectivity index (χ1v) is 12.5. The lowest BCUT2D eigenvalue weighted by molar-refractivity contribution is 0.166. The van der Waals surface area contributed by atoms with Crippen molar-refractivity contribution < 1.29 is 17.5 Å². The number of nitrogens with one attached hydrogen (secondary N) is 1. The van der Waals surface area contributed by atoms with E-state index in [1.807, 2.05) is 60.7 Å². The minimum Gasteiger partial charge on any atom is -0.383 e. The quantitative estimate of drug-likeness (QED) is 0.350. The molecule has 1 atom stereocenters. The van der Waals surface area contributed by atoms with Gasteiger partial charge in [0.1, 0.15) is 17.3 Å². The number of nitrogens with zero attached hydrogens (tertiary/aromatic N) is 3. The molecule has 0 saturated heterocycles. The van der Waals surface area contributed by atoms with Gasteiger partial charge < -0.3 is 10.1 Å². The van der Waals surface area contributed by atoms with Gasteiger partial charge in [0.15, 0.2) is 5.82 Å². The Bertz CT molecular complexity index is 1380. The molecule has 1 aromatic heterocycles. The SMILES string of the molecule is COC[C@@H](NCc1nc(Cc2ccccc2)n(-c2ccc(S(N)(=O)=O)cc2F)n1)c1ccccc1. The highest BCUT2D eigenvalue weighted by molar-refractivity contribution is 7.89. The van der Waals surface area contributed by atoms with Gasteiger partial charge in [0, 0.05) is 13.5 Å². The van der Waals surface area contributed by atoms with Crippen molar-refractivity contribution in [2.75, 3.05) is 13.7 Å². The van der Waals surface area contributed by atoms with Crippen LogP contribution in [0.25, 0.3) is 5.69 Å². The number of methoxy groups -OCH3 is 1. The van der Waals surface area contributed by atoms with Gasteiger partial charge in [-0.3, -0.25) is 0 Å². The molecular weight excluding hydrogens is 469 g/mol. The summed E-state index contributed by atoms with van der Waals surface area (Å²) in [6.07, 6.45) is 0.407. The lowest BCUT2D eigenvalue weighted by Gasteiger charge is -2.17. The summed E-state index contributed by atoms with van der Waals surface area (Å²) in [5.41, 5.74) is 2.12. The van der Waals surface area contributed by atoms with E-state index in [0.29, 0.717) is 31.2 Å². The highest BCUT2D eigenvalue weighted by Crippen LogP contribution is 2.21. The summed E-state index contributed by atoms with van der Waals surface area (Å²) in [5.74, 6) is 0.206. The predicted octanol–water partition coefficient (Wildman–Crippen LogP) is 3.12. The molecule has 0 saturated carbocycles. The molecular formula is C25H26FN5O3S.